The van der Waals surface area contributed by atoms with E-state index in [1.807, 2.05) is 19.1 Å². The van der Waals surface area contributed by atoms with Crippen molar-refractivity contribution >= 4 is 39.0 Å². The number of nitrogens with one attached hydrogen (secondary N) is 1. The smallest absolute Gasteiger partial charge is 0.138 e. The summed E-state index contributed by atoms with van der Waals surface area (Å²) in [6.45, 7) is 4.17. The second-order valence-electron chi connectivity index (χ2n) is 4.13. The molecule has 1 aromatic carbocycles. The summed E-state index contributed by atoms with van der Waals surface area (Å²) >= 11 is 9.58. The predicted octanol–water partition coefficient (Wildman–Crippen LogP) is 4.76. The third kappa shape index (κ3) is 3.25. The minimum Gasteiger partial charge on any atom is -0.340 e. The topological polar surface area (TPSA) is 37.8 Å². The van der Waals surface area contributed by atoms with Crippen molar-refractivity contribution in [2.24, 2.45) is 0 Å². The van der Waals surface area contributed by atoms with E-state index in [-0.39, 0.29) is 0 Å². The maximum atomic E-state index is 6.10. The van der Waals surface area contributed by atoms with E-state index in [1.54, 1.807) is 0 Å². The van der Waals surface area contributed by atoms with E-state index in [9.17, 15) is 0 Å². The molecule has 1 aromatic heterocycles. The summed E-state index contributed by atoms with van der Waals surface area (Å²) in [4.78, 5) is 8.30. The summed E-state index contributed by atoms with van der Waals surface area (Å²) in [6, 6.07) is 6.16. The molecule has 1 heterocycles. The van der Waals surface area contributed by atoms with Crippen molar-refractivity contribution in [1.82, 2.24) is 9.97 Å². The molecule has 0 aliphatic rings. The highest BCUT2D eigenvalue weighted by atomic mass is 79.9. The molecule has 3 nitrogen and oxygen atoms in total. The summed E-state index contributed by atoms with van der Waals surface area (Å²) in [5.41, 5.74) is 3.22. The lowest BCUT2D eigenvalue weighted by molar-refractivity contribution is 1.04. The van der Waals surface area contributed by atoms with Gasteiger partial charge in [-0.25, -0.2) is 9.97 Å². The number of anilines is 2. The van der Waals surface area contributed by atoms with Crippen molar-refractivity contribution < 1.29 is 0 Å². The van der Waals surface area contributed by atoms with Gasteiger partial charge in [0.2, 0.25) is 0 Å². The van der Waals surface area contributed by atoms with Crippen LogP contribution < -0.4 is 5.32 Å². The van der Waals surface area contributed by atoms with E-state index in [4.69, 9.17) is 11.6 Å². The lowest BCUT2D eigenvalue weighted by Gasteiger charge is -2.13. The van der Waals surface area contributed by atoms with Crippen LogP contribution in [-0.4, -0.2) is 9.97 Å². The molecule has 0 atom stereocenters. The Bertz CT molecular complexity index is 587. The maximum absolute atomic E-state index is 6.10. The van der Waals surface area contributed by atoms with Gasteiger partial charge in [0, 0.05) is 15.7 Å². The molecular formula is C14H15BrClN3. The van der Waals surface area contributed by atoms with Crippen LogP contribution in [0.4, 0.5) is 11.5 Å². The molecule has 0 spiro atoms. The molecule has 0 aliphatic heterocycles. The summed E-state index contributed by atoms with van der Waals surface area (Å²) in [5.74, 6) is 0.777. The van der Waals surface area contributed by atoms with Crippen LogP contribution in [0.15, 0.2) is 29.0 Å². The molecule has 19 heavy (non-hydrogen) atoms. The van der Waals surface area contributed by atoms with Gasteiger partial charge in [0.1, 0.15) is 17.3 Å². The van der Waals surface area contributed by atoms with E-state index in [2.05, 4.69) is 44.2 Å². The number of hydrogen-bond acceptors (Lipinski definition) is 3. The third-order valence-corrected chi connectivity index (χ3v) is 3.77. The highest BCUT2D eigenvalue weighted by molar-refractivity contribution is 9.10. The first kappa shape index (κ1) is 14.3. The highest BCUT2D eigenvalue weighted by Gasteiger charge is 2.10. The molecule has 0 amide bonds. The molecule has 2 rings (SSSR count). The molecule has 2 aromatic rings. The van der Waals surface area contributed by atoms with E-state index in [0.29, 0.717) is 5.15 Å². The van der Waals surface area contributed by atoms with Gasteiger partial charge in [0.25, 0.3) is 0 Å². The average molecular weight is 341 g/mol. The number of aromatic nitrogens is 2. The van der Waals surface area contributed by atoms with Crippen LogP contribution in [0.25, 0.3) is 0 Å². The molecule has 0 radical (unpaired) electrons. The quantitative estimate of drug-likeness (QED) is 0.815. The minimum absolute atomic E-state index is 0.509. The Labute approximate surface area is 126 Å². The van der Waals surface area contributed by atoms with Crippen molar-refractivity contribution in [2.75, 3.05) is 5.32 Å². The first-order chi connectivity index (χ1) is 9.15. The monoisotopic (exact) mass is 339 g/mol. The van der Waals surface area contributed by atoms with Gasteiger partial charge in [-0.15, -0.1) is 0 Å². The second kappa shape index (κ2) is 6.35. The van der Waals surface area contributed by atoms with E-state index in [1.165, 1.54) is 11.9 Å². The van der Waals surface area contributed by atoms with Gasteiger partial charge in [-0.1, -0.05) is 41.4 Å². The molecule has 100 valence electrons. The normalized spacial score (nSPS) is 10.5. The van der Waals surface area contributed by atoms with Gasteiger partial charge >= 0.3 is 0 Å². The SMILES string of the molecule is CCc1cc(Br)ccc1Nc1ncnc(Cl)c1CC. The summed E-state index contributed by atoms with van der Waals surface area (Å²) in [5, 5.41) is 3.86. The number of nitrogens with zero attached hydrogens (tertiary/aromatic N) is 2. The Kier molecular flexibility index (Phi) is 4.77. The summed E-state index contributed by atoms with van der Waals surface area (Å²) in [7, 11) is 0. The average Bonchev–Trinajstić information content (AvgIpc) is 2.41. The Morgan fingerprint density at radius 1 is 1.21 bits per heavy atom. The van der Waals surface area contributed by atoms with Crippen LogP contribution in [-0.2, 0) is 12.8 Å². The highest BCUT2D eigenvalue weighted by Crippen LogP contribution is 2.27. The number of halogens is 2. The van der Waals surface area contributed by atoms with Crippen LogP contribution in [0.3, 0.4) is 0 Å². The second-order valence-corrected chi connectivity index (χ2v) is 5.40. The number of rotatable bonds is 4. The van der Waals surface area contributed by atoms with Gasteiger partial charge in [0.15, 0.2) is 0 Å². The Balaban J connectivity index is 2.39. The lowest BCUT2D eigenvalue weighted by Crippen LogP contribution is -2.02. The zero-order valence-electron chi connectivity index (χ0n) is 10.9. The van der Waals surface area contributed by atoms with E-state index >= 15 is 0 Å². The van der Waals surface area contributed by atoms with Crippen molar-refractivity contribution in [3.05, 3.63) is 45.3 Å². The zero-order chi connectivity index (χ0) is 13.8. The van der Waals surface area contributed by atoms with Gasteiger partial charge in [-0.05, 0) is 36.6 Å². The molecule has 0 fully saturated rings. The largest absolute Gasteiger partial charge is 0.340 e. The van der Waals surface area contributed by atoms with Crippen molar-refractivity contribution in [2.45, 2.75) is 26.7 Å². The van der Waals surface area contributed by atoms with Crippen LogP contribution in [0.2, 0.25) is 5.15 Å². The Morgan fingerprint density at radius 3 is 2.68 bits per heavy atom. The lowest BCUT2D eigenvalue weighted by atomic mass is 10.1. The number of benzene rings is 1. The van der Waals surface area contributed by atoms with Crippen molar-refractivity contribution in [3.8, 4) is 0 Å². The molecule has 1 N–H and O–H groups in total. The molecule has 0 saturated heterocycles. The van der Waals surface area contributed by atoms with Crippen LogP contribution in [0.1, 0.15) is 25.0 Å². The summed E-state index contributed by atoms with van der Waals surface area (Å²) < 4.78 is 1.08. The van der Waals surface area contributed by atoms with Crippen molar-refractivity contribution in [1.29, 1.82) is 0 Å². The fourth-order valence-corrected chi connectivity index (χ4v) is 2.59. The van der Waals surface area contributed by atoms with Gasteiger partial charge in [0.05, 0.1) is 0 Å². The maximum Gasteiger partial charge on any atom is 0.138 e. The number of aryl methyl sites for hydroxylation is 1. The Hall–Kier alpha value is -1.13. The minimum atomic E-state index is 0.509. The third-order valence-electron chi connectivity index (χ3n) is 2.95. The Morgan fingerprint density at radius 2 is 2.00 bits per heavy atom. The van der Waals surface area contributed by atoms with Crippen molar-refractivity contribution in [3.63, 3.8) is 0 Å². The fraction of sp³-hybridized carbons (Fsp3) is 0.286. The molecule has 0 saturated carbocycles. The molecule has 0 aliphatic carbocycles. The van der Waals surface area contributed by atoms with Gasteiger partial charge in [-0.3, -0.25) is 0 Å². The first-order valence-electron chi connectivity index (χ1n) is 6.20. The molecule has 0 unspecified atom stereocenters. The number of hydrogen-bond donors (Lipinski definition) is 1. The standard InChI is InChI=1S/C14H15BrClN3/c1-3-9-7-10(15)5-6-12(9)19-14-11(4-2)13(16)17-8-18-14/h5-8H,3-4H2,1-2H3,(H,17,18,19). The van der Waals surface area contributed by atoms with Crippen LogP contribution >= 0.6 is 27.5 Å². The van der Waals surface area contributed by atoms with Crippen LogP contribution in [0.5, 0.6) is 0 Å². The first-order valence-corrected chi connectivity index (χ1v) is 7.37. The predicted molar refractivity (Wildman–Crippen MR) is 83.2 cm³/mol. The van der Waals surface area contributed by atoms with Crippen LogP contribution in [0, 0.1) is 0 Å². The molecular weight excluding hydrogens is 326 g/mol. The van der Waals surface area contributed by atoms with Gasteiger partial charge in [-0.2, -0.15) is 0 Å². The zero-order valence-corrected chi connectivity index (χ0v) is 13.2. The molecule has 5 heteroatoms. The van der Waals surface area contributed by atoms with E-state index in [0.717, 1.165) is 34.4 Å². The molecule has 0 bridgehead atoms. The summed E-state index contributed by atoms with van der Waals surface area (Å²) in [6.07, 6.45) is 3.22. The fourth-order valence-electron chi connectivity index (χ4n) is 1.92. The van der Waals surface area contributed by atoms with E-state index < -0.39 is 0 Å². The van der Waals surface area contributed by atoms with Gasteiger partial charge < -0.3 is 5.32 Å².